The quantitative estimate of drug-likeness (QED) is 0.569. The zero-order valence-electron chi connectivity index (χ0n) is 5.85. The molecule has 0 aromatic heterocycles. The summed E-state index contributed by atoms with van der Waals surface area (Å²) >= 11 is 5.57. The minimum atomic E-state index is -0.484. The fourth-order valence-corrected chi connectivity index (χ4v) is 0.566. The van der Waals surface area contributed by atoms with E-state index in [2.05, 4.69) is 0 Å². The van der Waals surface area contributed by atoms with Crippen molar-refractivity contribution in [2.24, 2.45) is 5.92 Å². The Bertz CT molecular complexity index is 103. The van der Waals surface area contributed by atoms with Crippen LogP contribution < -0.4 is 0 Å². The predicted molar refractivity (Wildman–Crippen MR) is 36.5 cm³/mol. The van der Waals surface area contributed by atoms with Gasteiger partial charge in [-0.3, -0.25) is 4.79 Å². The fourth-order valence-electron chi connectivity index (χ4n) is 0.389. The summed E-state index contributed by atoms with van der Waals surface area (Å²) < 4.78 is 4.72. The van der Waals surface area contributed by atoms with Crippen molar-refractivity contribution in [1.29, 1.82) is 0 Å². The zero-order valence-corrected chi connectivity index (χ0v) is 6.61. The summed E-state index contributed by atoms with van der Waals surface area (Å²) in [4.78, 5) is 10.6. The van der Waals surface area contributed by atoms with Gasteiger partial charge in [0.25, 0.3) is 0 Å². The molecule has 54 valence electrons. The Labute approximate surface area is 60.1 Å². The first-order valence-electron chi connectivity index (χ1n) is 2.77. The van der Waals surface area contributed by atoms with Crippen LogP contribution in [0.25, 0.3) is 0 Å². The maximum absolute atomic E-state index is 10.6. The van der Waals surface area contributed by atoms with E-state index in [1.807, 2.05) is 0 Å². The molecule has 0 amide bonds. The van der Waals surface area contributed by atoms with Crippen molar-refractivity contribution < 1.29 is 9.53 Å². The standard InChI is InChI=1S/C6H11ClO2/c1-4(5(2)8)6(7)9-3/h4,6H,1-3H3. The molecule has 2 atom stereocenters. The van der Waals surface area contributed by atoms with Crippen LogP contribution in [-0.4, -0.2) is 18.5 Å². The number of ketones is 1. The molecule has 0 aromatic carbocycles. The minimum absolute atomic E-state index is 0.0526. The Hall–Kier alpha value is -0.0800. The number of carbonyl (C=O) groups is 1. The Balaban J connectivity index is 3.72. The van der Waals surface area contributed by atoms with Gasteiger partial charge in [0.15, 0.2) is 0 Å². The third kappa shape index (κ3) is 2.82. The van der Waals surface area contributed by atoms with Crippen LogP contribution in [0, 0.1) is 5.92 Å². The first-order chi connectivity index (χ1) is 4.09. The first-order valence-corrected chi connectivity index (χ1v) is 3.20. The summed E-state index contributed by atoms with van der Waals surface area (Å²) in [7, 11) is 1.48. The van der Waals surface area contributed by atoms with Crippen molar-refractivity contribution in [3.8, 4) is 0 Å². The van der Waals surface area contributed by atoms with E-state index in [0.717, 1.165) is 0 Å². The first kappa shape index (κ1) is 8.92. The lowest BCUT2D eigenvalue weighted by atomic mass is 10.1. The lowest BCUT2D eigenvalue weighted by molar-refractivity contribution is -0.122. The molecule has 2 unspecified atom stereocenters. The van der Waals surface area contributed by atoms with E-state index < -0.39 is 5.56 Å². The van der Waals surface area contributed by atoms with Crippen LogP contribution in [0.1, 0.15) is 13.8 Å². The number of halogens is 1. The number of rotatable bonds is 3. The van der Waals surface area contributed by atoms with E-state index in [-0.39, 0.29) is 11.7 Å². The predicted octanol–water partition coefficient (Wildman–Crippen LogP) is 1.42. The van der Waals surface area contributed by atoms with Gasteiger partial charge in [-0.1, -0.05) is 18.5 Å². The summed E-state index contributed by atoms with van der Waals surface area (Å²) in [6, 6.07) is 0. The second-order valence-electron chi connectivity index (χ2n) is 1.99. The third-order valence-electron chi connectivity index (χ3n) is 1.26. The Morgan fingerprint density at radius 2 is 2.11 bits per heavy atom. The lowest BCUT2D eigenvalue weighted by Gasteiger charge is -2.11. The lowest BCUT2D eigenvalue weighted by Crippen LogP contribution is -2.20. The Morgan fingerprint density at radius 3 is 2.22 bits per heavy atom. The molecule has 0 N–H and O–H groups in total. The van der Waals surface area contributed by atoms with Crippen molar-refractivity contribution >= 4 is 17.4 Å². The van der Waals surface area contributed by atoms with Crippen LogP contribution in [0.4, 0.5) is 0 Å². The van der Waals surface area contributed by atoms with Gasteiger partial charge in [0.05, 0.1) is 5.92 Å². The van der Waals surface area contributed by atoms with Crippen LogP contribution in [0.5, 0.6) is 0 Å². The van der Waals surface area contributed by atoms with Crippen LogP contribution in [0.2, 0.25) is 0 Å². The van der Waals surface area contributed by atoms with Crippen LogP contribution in [0.3, 0.4) is 0 Å². The largest absolute Gasteiger partial charge is 0.365 e. The summed E-state index contributed by atoms with van der Waals surface area (Å²) in [5, 5.41) is 0. The Morgan fingerprint density at radius 1 is 1.67 bits per heavy atom. The average Bonchev–Trinajstić information content (AvgIpc) is 1.84. The van der Waals surface area contributed by atoms with Crippen LogP contribution in [-0.2, 0) is 9.53 Å². The van der Waals surface area contributed by atoms with Crippen LogP contribution in [0.15, 0.2) is 0 Å². The number of methoxy groups -OCH3 is 1. The average molecular weight is 151 g/mol. The maximum Gasteiger partial charge on any atom is 0.140 e. The molecule has 0 saturated carbocycles. The van der Waals surface area contributed by atoms with Crippen molar-refractivity contribution in [1.82, 2.24) is 0 Å². The molecular formula is C6H11ClO2. The van der Waals surface area contributed by atoms with Crippen LogP contribution >= 0.6 is 11.6 Å². The molecule has 0 fully saturated rings. The second kappa shape index (κ2) is 3.85. The van der Waals surface area contributed by atoms with Crippen molar-refractivity contribution in [3.63, 3.8) is 0 Å². The van der Waals surface area contributed by atoms with Gasteiger partial charge in [-0.2, -0.15) is 0 Å². The van der Waals surface area contributed by atoms with E-state index in [0.29, 0.717) is 0 Å². The molecule has 0 aliphatic carbocycles. The van der Waals surface area contributed by atoms with Gasteiger partial charge in [0.2, 0.25) is 0 Å². The molecule has 0 spiro atoms. The zero-order chi connectivity index (χ0) is 7.44. The van der Waals surface area contributed by atoms with Gasteiger partial charge in [0, 0.05) is 7.11 Å². The third-order valence-corrected chi connectivity index (χ3v) is 1.82. The fraction of sp³-hybridized carbons (Fsp3) is 0.833. The van der Waals surface area contributed by atoms with Gasteiger partial charge >= 0.3 is 0 Å². The molecule has 2 nitrogen and oxygen atoms in total. The number of hydrogen-bond donors (Lipinski definition) is 0. The van der Waals surface area contributed by atoms with Gasteiger partial charge in [-0.25, -0.2) is 0 Å². The number of carbonyl (C=O) groups excluding carboxylic acids is 1. The van der Waals surface area contributed by atoms with E-state index in [4.69, 9.17) is 16.3 Å². The Kier molecular flexibility index (Phi) is 3.82. The summed E-state index contributed by atoms with van der Waals surface area (Å²) in [5.74, 6) is -0.159. The molecular weight excluding hydrogens is 140 g/mol. The summed E-state index contributed by atoms with van der Waals surface area (Å²) in [6.07, 6.45) is 0. The van der Waals surface area contributed by atoms with Gasteiger partial charge in [-0.05, 0) is 6.92 Å². The van der Waals surface area contributed by atoms with Gasteiger partial charge < -0.3 is 4.74 Å². The molecule has 0 rings (SSSR count). The molecule has 0 aliphatic rings. The number of Topliss-reactive ketones (excluding diaryl/α,β-unsaturated/α-hetero) is 1. The van der Waals surface area contributed by atoms with E-state index in [9.17, 15) is 4.79 Å². The maximum atomic E-state index is 10.6. The molecule has 0 saturated heterocycles. The molecule has 0 aromatic rings. The molecule has 0 aliphatic heterocycles. The highest BCUT2D eigenvalue weighted by molar-refractivity contribution is 6.21. The topological polar surface area (TPSA) is 26.3 Å². The number of hydrogen-bond acceptors (Lipinski definition) is 2. The highest BCUT2D eigenvalue weighted by Gasteiger charge is 2.16. The smallest absolute Gasteiger partial charge is 0.140 e. The van der Waals surface area contributed by atoms with E-state index in [1.54, 1.807) is 6.92 Å². The monoisotopic (exact) mass is 150 g/mol. The molecule has 0 heterocycles. The number of ether oxygens (including phenoxy) is 1. The van der Waals surface area contributed by atoms with Gasteiger partial charge in [-0.15, -0.1) is 0 Å². The van der Waals surface area contributed by atoms with Crippen molar-refractivity contribution in [2.45, 2.75) is 19.4 Å². The highest BCUT2D eigenvalue weighted by atomic mass is 35.5. The molecule has 9 heavy (non-hydrogen) atoms. The summed E-state index contributed by atoms with van der Waals surface area (Å²) in [5.41, 5.74) is -0.484. The molecule has 0 radical (unpaired) electrons. The summed E-state index contributed by atoms with van der Waals surface area (Å²) in [6.45, 7) is 3.24. The normalized spacial score (nSPS) is 16.9. The SMILES string of the molecule is COC(Cl)C(C)C(C)=O. The van der Waals surface area contributed by atoms with Crippen molar-refractivity contribution in [2.75, 3.05) is 7.11 Å². The molecule has 3 heteroatoms. The van der Waals surface area contributed by atoms with E-state index >= 15 is 0 Å². The second-order valence-corrected chi connectivity index (χ2v) is 2.42. The van der Waals surface area contributed by atoms with Crippen molar-refractivity contribution in [3.05, 3.63) is 0 Å². The van der Waals surface area contributed by atoms with Gasteiger partial charge in [0.1, 0.15) is 11.3 Å². The van der Waals surface area contributed by atoms with E-state index in [1.165, 1.54) is 14.0 Å². The number of alkyl halides is 1. The minimum Gasteiger partial charge on any atom is -0.365 e. The highest BCUT2D eigenvalue weighted by Crippen LogP contribution is 2.10. The molecule has 0 bridgehead atoms.